The van der Waals surface area contributed by atoms with Crippen molar-refractivity contribution in [2.24, 2.45) is 5.92 Å². The van der Waals surface area contributed by atoms with E-state index in [9.17, 15) is 9.90 Å². The lowest BCUT2D eigenvalue weighted by molar-refractivity contribution is -0.148. The zero-order valence-electron chi connectivity index (χ0n) is 11.0. The summed E-state index contributed by atoms with van der Waals surface area (Å²) in [6.45, 7) is 1.96. The summed E-state index contributed by atoms with van der Waals surface area (Å²) in [5.74, 6) is -0.527. The fraction of sp³-hybridized carbons (Fsp3) is 0.571. The van der Waals surface area contributed by atoms with E-state index < -0.39 is 5.60 Å². The van der Waals surface area contributed by atoms with E-state index in [2.05, 4.69) is 4.98 Å². The van der Waals surface area contributed by atoms with Crippen LogP contribution in [0.25, 0.3) is 0 Å². The minimum Gasteiger partial charge on any atom is -0.466 e. The van der Waals surface area contributed by atoms with Gasteiger partial charge < -0.3 is 14.9 Å². The molecule has 1 aromatic heterocycles. The largest absolute Gasteiger partial charge is 0.466 e. The van der Waals surface area contributed by atoms with Crippen molar-refractivity contribution in [3.63, 3.8) is 0 Å². The zero-order valence-corrected chi connectivity index (χ0v) is 11.0. The summed E-state index contributed by atoms with van der Waals surface area (Å²) in [6, 6.07) is 5.18. The van der Waals surface area contributed by atoms with Crippen LogP contribution in [0, 0.1) is 5.92 Å². The van der Waals surface area contributed by atoms with Crippen LogP contribution in [0.2, 0.25) is 0 Å². The number of hydrogen-bond donors (Lipinski definition) is 2. The number of ether oxygens (including phenoxy) is 1. The maximum atomic E-state index is 11.7. The lowest BCUT2D eigenvalue weighted by Crippen LogP contribution is -2.25. The molecule has 2 rings (SSSR count). The Morgan fingerprint density at radius 2 is 2.37 bits per heavy atom. The predicted octanol–water partition coefficient (Wildman–Crippen LogP) is 1.12. The van der Waals surface area contributed by atoms with Gasteiger partial charge in [0.25, 0.3) is 0 Å². The topological polar surface area (TPSA) is 79.7 Å². The van der Waals surface area contributed by atoms with Crippen molar-refractivity contribution in [2.45, 2.75) is 38.4 Å². The number of nitrogens with zero attached hydrogens (tertiary/aromatic N) is 1. The summed E-state index contributed by atoms with van der Waals surface area (Å²) < 4.78 is 4.99. The third-order valence-corrected chi connectivity index (χ3v) is 3.56. The molecule has 0 spiro atoms. The van der Waals surface area contributed by atoms with Crippen LogP contribution in [0.4, 0.5) is 0 Å². The Labute approximate surface area is 112 Å². The molecule has 0 bridgehead atoms. The fourth-order valence-electron chi connectivity index (χ4n) is 2.55. The third kappa shape index (κ3) is 2.93. The Morgan fingerprint density at radius 1 is 1.58 bits per heavy atom. The normalized spacial score (nSPS) is 26.4. The van der Waals surface area contributed by atoms with Gasteiger partial charge in [-0.25, -0.2) is 0 Å². The van der Waals surface area contributed by atoms with Crippen LogP contribution < -0.4 is 0 Å². The van der Waals surface area contributed by atoms with Gasteiger partial charge in [0.15, 0.2) is 0 Å². The first kappa shape index (κ1) is 14.0. The molecule has 0 amide bonds. The van der Waals surface area contributed by atoms with E-state index in [1.54, 1.807) is 25.1 Å². The SMILES string of the molecule is CCOC(=O)C1CCC(O)(c2cccc(CO)n2)C1. The van der Waals surface area contributed by atoms with Crippen molar-refractivity contribution in [1.82, 2.24) is 4.98 Å². The molecular weight excluding hydrogens is 246 g/mol. The summed E-state index contributed by atoms with van der Waals surface area (Å²) >= 11 is 0. The molecule has 1 heterocycles. The van der Waals surface area contributed by atoms with E-state index >= 15 is 0 Å². The van der Waals surface area contributed by atoms with Crippen molar-refractivity contribution >= 4 is 5.97 Å². The molecule has 0 aliphatic heterocycles. The lowest BCUT2D eigenvalue weighted by Gasteiger charge is -2.22. The molecular formula is C14H19NO4. The number of hydrogen-bond acceptors (Lipinski definition) is 5. The molecule has 0 radical (unpaired) electrons. The molecule has 5 heteroatoms. The van der Waals surface area contributed by atoms with E-state index in [0.29, 0.717) is 37.3 Å². The van der Waals surface area contributed by atoms with Crippen molar-refractivity contribution in [2.75, 3.05) is 6.61 Å². The van der Waals surface area contributed by atoms with Crippen molar-refractivity contribution in [1.29, 1.82) is 0 Å². The van der Waals surface area contributed by atoms with Crippen LogP contribution in [-0.4, -0.2) is 27.8 Å². The van der Waals surface area contributed by atoms with E-state index in [1.807, 2.05) is 0 Å². The Morgan fingerprint density at radius 3 is 3.05 bits per heavy atom. The average Bonchev–Trinajstić information content (AvgIpc) is 2.83. The van der Waals surface area contributed by atoms with Crippen LogP contribution in [0.5, 0.6) is 0 Å². The average molecular weight is 265 g/mol. The first-order chi connectivity index (χ1) is 9.09. The molecule has 1 aliphatic rings. The number of aromatic nitrogens is 1. The van der Waals surface area contributed by atoms with Gasteiger partial charge in [0.05, 0.1) is 30.5 Å². The first-order valence-electron chi connectivity index (χ1n) is 6.55. The number of aliphatic hydroxyl groups excluding tert-OH is 1. The molecule has 0 aromatic carbocycles. The Hall–Kier alpha value is -1.46. The number of carbonyl (C=O) groups is 1. The quantitative estimate of drug-likeness (QED) is 0.798. The number of pyridine rings is 1. The molecule has 1 aromatic rings. The molecule has 2 atom stereocenters. The summed E-state index contributed by atoms with van der Waals surface area (Å²) in [7, 11) is 0. The highest BCUT2D eigenvalue weighted by Gasteiger charge is 2.43. The number of carbonyl (C=O) groups excluding carboxylic acids is 1. The van der Waals surface area contributed by atoms with E-state index in [-0.39, 0.29) is 18.5 Å². The third-order valence-electron chi connectivity index (χ3n) is 3.56. The molecule has 1 fully saturated rings. The Kier molecular flexibility index (Phi) is 4.17. The van der Waals surface area contributed by atoms with Crippen LogP contribution in [0.3, 0.4) is 0 Å². The lowest BCUT2D eigenvalue weighted by atomic mass is 9.95. The van der Waals surface area contributed by atoms with Gasteiger partial charge in [-0.3, -0.25) is 9.78 Å². The summed E-state index contributed by atoms with van der Waals surface area (Å²) in [5, 5.41) is 19.7. The van der Waals surface area contributed by atoms with Crippen LogP contribution >= 0.6 is 0 Å². The van der Waals surface area contributed by atoms with Crippen molar-refractivity contribution in [3.8, 4) is 0 Å². The van der Waals surface area contributed by atoms with Crippen LogP contribution in [-0.2, 0) is 21.7 Å². The fourth-order valence-corrected chi connectivity index (χ4v) is 2.55. The number of rotatable bonds is 4. The highest BCUT2D eigenvalue weighted by atomic mass is 16.5. The molecule has 19 heavy (non-hydrogen) atoms. The summed E-state index contributed by atoms with van der Waals surface area (Å²) in [4.78, 5) is 15.9. The number of aliphatic hydroxyl groups is 2. The molecule has 5 nitrogen and oxygen atoms in total. The van der Waals surface area contributed by atoms with E-state index in [4.69, 9.17) is 9.84 Å². The maximum Gasteiger partial charge on any atom is 0.309 e. The van der Waals surface area contributed by atoms with Crippen molar-refractivity contribution < 1.29 is 19.7 Å². The Bertz CT molecular complexity index is 463. The maximum absolute atomic E-state index is 11.7. The van der Waals surface area contributed by atoms with E-state index in [1.165, 1.54) is 0 Å². The van der Waals surface area contributed by atoms with Gasteiger partial charge in [0.2, 0.25) is 0 Å². The smallest absolute Gasteiger partial charge is 0.309 e. The molecule has 2 N–H and O–H groups in total. The van der Waals surface area contributed by atoms with Gasteiger partial charge in [-0.1, -0.05) is 6.07 Å². The second kappa shape index (κ2) is 5.67. The van der Waals surface area contributed by atoms with Gasteiger partial charge in [-0.05, 0) is 38.3 Å². The highest BCUT2D eigenvalue weighted by molar-refractivity contribution is 5.73. The molecule has 104 valence electrons. The van der Waals surface area contributed by atoms with Gasteiger partial charge in [0, 0.05) is 0 Å². The van der Waals surface area contributed by atoms with Crippen LogP contribution in [0.15, 0.2) is 18.2 Å². The molecule has 1 saturated carbocycles. The Balaban J connectivity index is 2.14. The minimum atomic E-state index is -1.09. The minimum absolute atomic E-state index is 0.161. The summed E-state index contributed by atoms with van der Waals surface area (Å²) in [5.41, 5.74) is -0.0563. The van der Waals surface area contributed by atoms with E-state index in [0.717, 1.165) is 0 Å². The van der Waals surface area contributed by atoms with Gasteiger partial charge >= 0.3 is 5.97 Å². The predicted molar refractivity (Wildman–Crippen MR) is 68.0 cm³/mol. The zero-order chi connectivity index (χ0) is 13.9. The molecule has 2 unspecified atom stereocenters. The van der Waals surface area contributed by atoms with Crippen molar-refractivity contribution in [3.05, 3.63) is 29.6 Å². The monoisotopic (exact) mass is 265 g/mol. The highest BCUT2D eigenvalue weighted by Crippen LogP contribution is 2.41. The number of esters is 1. The second-order valence-electron chi connectivity index (χ2n) is 4.90. The second-order valence-corrected chi connectivity index (χ2v) is 4.90. The van der Waals surface area contributed by atoms with Gasteiger partial charge in [0.1, 0.15) is 5.60 Å². The van der Waals surface area contributed by atoms with Gasteiger partial charge in [-0.2, -0.15) is 0 Å². The molecule has 1 aliphatic carbocycles. The first-order valence-corrected chi connectivity index (χ1v) is 6.55. The van der Waals surface area contributed by atoms with Crippen LogP contribution in [0.1, 0.15) is 37.6 Å². The molecule has 0 saturated heterocycles. The summed E-state index contributed by atoms with van der Waals surface area (Å²) in [6.07, 6.45) is 1.41. The van der Waals surface area contributed by atoms with Gasteiger partial charge in [-0.15, -0.1) is 0 Å². The standard InChI is InChI=1S/C14H19NO4/c1-2-19-13(17)10-6-7-14(18,8-10)12-5-3-4-11(9-16)15-12/h3-5,10,16,18H,2,6-9H2,1H3.